The fourth-order valence-electron chi connectivity index (χ4n) is 3.33. The van der Waals surface area contributed by atoms with Crippen LogP contribution in [0.2, 0.25) is 0 Å². The van der Waals surface area contributed by atoms with Crippen molar-refractivity contribution in [2.45, 2.75) is 58.4 Å². The molecule has 1 aliphatic carbocycles. The molecule has 1 aromatic rings. The molecule has 0 amide bonds. The van der Waals surface area contributed by atoms with Crippen molar-refractivity contribution in [3.8, 4) is 0 Å². The SMILES string of the molecule is CCC(C)(C)C(NC)C1CCCc2cccnc21. The van der Waals surface area contributed by atoms with E-state index < -0.39 is 0 Å². The third-order valence-electron chi connectivity index (χ3n) is 4.71. The Labute approximate surface area is 111 Å². The summed E-state index contributed by atoms with van der Waals surface area (Å²) in [6.07, 6.45) is 6.89. The fourth-order valence-corrected chi connectivity index (χ4v) is 3.33. The van der Waals surface area contributed by atoms with Gasteiger partial charge in [0.1, 0.15) is 0 Å². The lowest BCUT2D eigenvalue weighted by Crippen LogP contribution is -2.45. The highest BCUT2D eigenvalue weighted by Crippen LogP contribution is 2.40. The summed E-state index contributed by atoms with van der Waals surface area (Å²) in [7, 11) is 2.10. The van der Waals surface area contributed by atoms with E-state index in [2.05, 4.69) is 50.3 Å². The zero-order chi connectivity index (χ0) is 13.2. The first-order valence-electron chi connectivity index (χ1n) is 7.21. The van der Waals surface area contributed by atoms with Crippen LogP contribution in [0.3, 0.4) is 0 Å². The minimum Gasteiger partial charge on any atom is -0.316 e. The van der Waals surface area contributed by atoms with Crippen molar-refractivity contribution < 1.29 is 0 Å². The van der Waals surface area contributed by atoms with Gasteiger partial charge in [-0.15, -0.1) is 0 Å². The number of aromatic nitrogens is 1. The van der Waals surface area contributed by atoms with Crippen LogP contribution in [-0.2, 0) is 6.42 Å². The van der Waals surface area contributed by atoms with Crippen molar-refractivity contribution in [3.63, 3.8) is 0 Å². The monoisotopic (exact) mass is 246 g/mol. The van der Waals surface area contributed by atoms with Crippen LogP contribution >= 0.6 is 0 Å². The number of fused-ring (bicyclic) bond motifs is 1. The summed E-state index contributed by atoms with van der Waals surface area (Å²) in [6.45, 7) is 7.02. The van der Waals surface area contributed by atoms with Crippen molar-refractivity contribution in [2.75, 3.05) is 7.05 Å². The number of nitrogens with one attached hydrogen (secondary N) is 1. The number of aryl methyl sites for hydroxylation is 1. The molecule has 0 spiro atoms. The van der Waals surface area contributed by atoms with Gasteiger partial charge < -0.3 is 5.32 Å². The summed E-state index contributed by atoms with van der Waals surface area (Å²) in [6, 6.07) is 4.83. The minimum absolute atomic E-state index is 0.311. The molecule has 0 aromatic carbocycles. The smallest absolute Gasteiger partial charge is 0.0482 e. The van der Waals surface area contributed by atoms with Gasteiger partial charge in [0.2, 0.25) is 0 Å². The maximum atomic E-state index is 4.68. The van der Waals surface area contributed by atoms with Gasteiger partial charge in [-0.3, -0.25) is 4.98 Å². The van der Waals surface area contributed by atoms with Gasteiger partial charge in [0.15, 0.2) is 0 Å². The predicted molar refractivity (Wildman–Crippen MR) is 76.8 cm³/mol. The number of pyridine rings is 1. The normalized spacial score (nSPS) is 21.4. The number of rotatable bonds is 4. The highest BCUT2D eigenvalue weighted by atomic mass is 14.9. The van der Waals surface area contributed by atoms with E-state index in [0.717, 1.165) is 0 Å². The molecule has 2 rings (SSSR count). The predicted octanol–water partition coefficient (Wildman–Crippen LogP) is 3.53. The molecule has 100 valence electrons. The van der Waals surface area contributed by atoms with E-state index in [1.165, 1.54) is 36.9 Å². The highest BCUT2D eigenvalue weighted by molar-refractivity contribution is 5.28. The molecule has 1 N–H and O–H groups in total. The Bertz CT molecular complexity index is 398. The van der Waals surface area contributed by atoms with E-state index in [9.17, 15) is 0 Å². The summed E-state index contributed by atoms with van der Waals surface area (Å²) < 4.78 is 0. The van der Waals surface area contributed by atoms with Crippen molar-refractivity contribution in [3.05, 3.63) is 29.6 Å². The average Bonchev–Trinajstić information content (AvgIpc) is 2.39. The molecule has 2 nitrogen and oxygen atoms in total. The third-order valence-corrected chi connectivity index (χ3v) is 4.71. The van der Waals surface area contributed by atoms with E-state index >= 15 is 0 Å². The third kappa shape index (κ3) is 2.44. The van der Waals surface area contributed by atoms with Crippen LogP contribution in [0.15, 0.2) is 18.3 Å². The van der Waals surface area contributed by atoms with Gasteiger partial charge in [-0.1, -0.05) is 26.8 Å². The molecule has 2 unspecified atom stereocenters. The van der Waals surface area contributed by atoms with Crippen LogP contribution in [0.5, 0.6) is 0 Å². The van der Waals surface area contributed by atoms with Crippen LogP contribution in [0.25, 0.3) is 0 Å². The zero-order valence-corrected chi connectivity index (χ0v) is 12.2. The van der Waals surface area contributed by atoms with Gasteiger partial charge in [0, 0.05) is 23.9 Å². The molecule has 0 saturated heterocycles. The molecule has 18 heavy (non-hydrogen) atoms. The Morgan fingerprint density at radius 3 is 2.94 bits per heavy atom. The van der Waals surface area contributed by atoms with E-state index in [4.69, 9.17) is 0 Å². The Balaban J connectivity index is 2.34. The largest absolute Gasteiger partial charge is 0.316 e. The van der Waals surface area contributed by atoms with Gasteiger partial charge in [0.05, 0.1) is 0 Å². The molecule has 2 heteroatoms. The summed E-state index contributed by atoms with van der Waals surface area (Å²) in [4.78, 5) is 4.68. The summed E-state index contributed by atoms with van der Waals surface area (Å²) >= 11 is 0. The van der Waals surface area contributed by atoms with Crippen molar-refractivity contribution in [2.24, 2.45) is 5.41 Å². The van der Waals surface area contributed by atoms with Gasteiger partial charge in [-0.05, 0) is 49.8 Å². The van der Waals surface area contributed by atoms with Crippen LogP contribution in [-0.4, -0.2) is 18.1 Å². The number of hydrogen-bond donors (Lipinski definition) is 1. The van der Waals surface area contributed by atoms with Gasteiger partial charge in [-0.25, -0.2) is 0 Å². The quantitative estimate of drug-likeness (QED) is 0.879. The number of hydrogen-bond acceptors (Lipinski definition) is 2. The molecular formula is C16H26N2. The maximum Gasteiger partial charge on any atom is 0.0482 e. The first-order chi connectivity index (χ1) is 8.60. The first-order valence-corrected chi connectivity index (χ1v) is 7.21. The first kappa shape index (κ1) is 13.5. The van der Waals surface area contributed by atoms with Crippen molar-refractivity contribution in [1.29, 1.82) is 0 Å². The standard InChI is InChI=1S/C16H26N2/c1-5-16(2,3)15(17-4)13-10-6-8-12-9-7-11-18-14(12)13/h7,9,11,13,15,17H,5-6,8,10H2,1-4H3. The number of likely N-dealkylation sites (N-methyl/N-ethyl adjacent to an activating group) is 1. The van der Waals surface area contributed by atoms with Crippen LogP contribution in [0.4, 0.5) is 0 Å². The van der Waals surface area contributed by atoms with Crippen LogP contribution in [0, 0.1) is 5.41 Å². The van der Waals surface area contributed by atoms with Crippen LogP contribution < -0.4 is 5.32 Å². The molecule has 0 radical (unpaired) electrons. The Kier molecular flexibility index (Phi) is 4.06. The average molecular weight is 246 g/mol. The molecule has 1 heterocycles. The Hall–Kier alpha value is -0.890. The maximum absolute atomic E-state index is 4.68. The van der Waals surface area contributed by atoms with Crippen molar-refractivity contribution >= 4 is 0 Å². The lowest BCUT2D eigenvalue weighted by Gasteiger charge is -2.41. The minimum atomic E-state index is 0.311. The summed E-state index contributed by atoms with van der Waals surface area (Å²) in [5.74, 6) is 0.565. The van der Waals surface area contributed by atoms with E-state index in [-0.39, 0.29) is 0 Å². The molecule has 0 saturated carbocycles. The second-order valence-corrected chi connectivity index (χ2v) is 6.15. The van der Waals surface area contributed by atoms with Gasteiger partial charge in [-0.2, -0.15) is 0 Å². The lowest BCUT2D eigenvalue weighted by atomic mass is 9.70. The molecule has 1 aromatic heterocycles. The highest BCUT2D eigenvalue weighted by Gasteiger charge is 2.36. The summed E-state index contributed by atoms with van der Waals surface area (Å²) in [5.41, 5.74) is 3.11. The molecule has 0 fully saturated rings. The Morgan fingerprint density at radius 2 is 2.28 bits per heavy atom. The van der Waals surface area contributed by atoms with Gasteiger partial charge >= 0.3 is 0 Å². The van der Waals surface area contributed by atoms with Crippen molar-refractivity contribution in [1.82, 2.24) is 10.3 Å². The molecule has 0 aliphatic heterocycles. The molecule has 2 atom stereocenters. The second kappa shape index (κ2) is 5.40. The fraction of sp³-hybridized carbons (Fsp3) is 0.688. The topological polar surface area (TPSA) is 24.9 Å². The number of nitrogens with zero attached hydrogens (tertiary/aromatic N) is 1. The van der Waals surface area contributed by atoms with E-state index in [0.29, 0.717) is 17.4 Å². The lowest BCUT2D eigenvalue weighted by molar-refractivity contribution is 0.197. The second-order valence-electron chi connectivity index (χ2n) is 6.15. The molecule has 1 aliphatic rings. The molecule has 0 bridgehead atoms. The summed E-state index contributed by atoms with van der Waals surface area (Å²) in [5, 5.41) is 3.56. The van der Waals surface area contributed by atoms with Crippen LogP contribution in [0.1, 0.15) is 57.2 Å². The molecular weight excluding hydrogens is 220 g/mol. The van der Waals surface area contributed by atoms with E-state index in [1.54, 1.807) is 0 Å². The zero-order valence-electron chi connectivity index (χ0n) is 12.2. The van der Waals surface area contributed by atoms with E-state index in [1.807, 2.05) is 6.20 Å². The van der Waals surface area contributed by atoms with Gasteiger partial charge in [0.25, 0.3) is 0 Å². The Morgan fingerprint density at radius 1 is 1.50 bits per heavy atom.